The molecule has 0 aliphatic carbocycles. The lowest BCUT2D eigenvalue weighted by atomic mass is 10.1. The van der Waals surface area contributed by atoms with E-state index >= 15 is 0 Å². The minimum Gasteiger partial charge on any atom is -0.479 e. The molecule has 0 radical (unpaired) electrons. The van der Waals surface area contributed by atoms with Gasteiger partial charge >= 0.3 is 24.7 Å². The van der Waals surface area contributed by atoms with Gasteiger partial charge in [-0.1, -0.05) is 62.0 Å². The van der Waals surface area contributed by atoms with Crippen molar-refractivity contribution in [3.8, 4) is 11.5 Å². The molecule has 0 spiro atoms. The van der Waals surface area contributed by atoms with Gasteiger partial charge in [0, 0.05) is 12.8 Å². The van der Waals surface area contributed by atoms with E-state index in [-0.39, 0.29) is 32.6 Å². The van der Waals surface area contributed by atoms with Crippen molar-refractivity contribution < 1.29 is 65.5 Å². The first kappa shape index (κ1) is 35.7. The second kappa shape index (κ2) is 16.2. The van der Waals surface area contributed by atoms with Gasteiger partial charge in [-0.2, -0.15) is 0 Å². The fourth-order valence-corrected chi connectivity index (χ4v) is 3.10. The maximum atomic E-state index is 12.1. The average molecular weight is 607 g/mol. The molecule has 0 heterocycles. The molecule has 0 saturated carbocycles. The van der Waals surface area contributed by atoms with E-state index in [4.69, 9.17) is 14.9 Å². The van der Waals surface area contributed by atoms with Crippen LogP contribution in [0.1, 0.15) is 24.1 Å². The first-order valence-electron chi connectivity index (χ1n) is 11.6. The lowest BCUT2D eigenvalue weighted by molar-refractivity contribution is -0.275. The number of aliphatic carboxylic acids is 1. The second-order valence-corrected chi connectivity index (χ2v) is 8.25. The molecule has 3 rings (SSSR count). The molecule has 0 saturated heterocycles. The smallest absolute Gasteiger partial charge is 0.479 e. The summed E-state index contributed by atoms with van der Waals surface area (Å²) in [6, 6.07) is 18.5. The Morgan fingerprint density at radius 1 is 0.643 bits per heavy atom. The zero-order valence-electron chi connectivity index (χ0n) is 20.9. The molecule has 14 heteroatoms. The van der Waals surface area contributed by atoms with E-state index < -0.39 is 42.6 Å². The number of benzene rings is 3. The van der Waals surface area contributed by atoms with Gasteiger partial charge in [-0.3, -0.25) is 0 Å². The number of alkyl halides is 6. The van der Waals surface area contributed by atoms with Gasteiger partial charge in [-0.15, -0.1) is 26.3 Å². The summed E-state index contributed by atoms with van der Waals surface area (Å²) < 4.78 is 84.0. The minimum absolute atomic E-state index is 0. The van der Waals surface area contributed by atoms with Crippen molar-refractivity contribution in [3.63, 3.8) is 0 Å². The van der Waals surface area contributed by atoms with E-state index in [0.717, 1.165) is 29.8 Å². The topological polar surface area (TPSA) is 123 Å². The Labute approximate surface area is 236 Å². The number of esters is 1. The lowest BCUT2D eigenvalue weighted by Gasteiger charge is -2.12. The van der Waals surface area contributed by atoms with E-state index in [1.54, 1.807) is 24.3 Å². The normalized spacial score (nSPS) is 12.5. The molecular formula is C28H28F6O8. The Balaban J connectivity index is 0.000000434. The van der Waals surface area contributed by atoms with Gasteiger partial charge in [-0.25, -0.2) is 9.59 Å². The van der Waals surface area contributed by atoms with E-state index in [2.05, 4.69) is 9.47 Å². The van der Waals surface area contributed by atoms with Crippen LogP contribution in [-0.2, 0) is 33.8 Å². The number of carbonyl (C=O) groups excluding carboxylic acids is 1. The van der Waals surface area contributed by atoms with Crippen LogP contribution in [0.4, 0.5) is 26.3 Å². The van der Waals surface area contributed by atoms with Gasteiger partial charge in [0.2, 0.25) is 0 Å². The predicted molar refractivity (Wildman–Crippen MR) is 136 cm³/mol. The van der Waals surface area contributed by atoms with Gasteiger partial charge < -0.3 is 29.5 Å². The summed E-state index contributed by atoms with van der Waals surface area (Å²) in [6.45, 7) is 0.0368. The van der Waals surface area contributed by atoms with Crippen molar-refractivity contribution >= 4 is 11.9 Å². The summed E-state index contributed by atoms with van der Waals surface area (Å²) in [4.78, 5) is 22.1. The number of rotatable bonds is 10. The Bertz CT molecular complexity index is 1230. The average Bonchev–Trinajstić information content (AvgIpc) is 2.88. The molecule has 0 aromatic heterocycles. The van der Waals surface area contributed by atoms with Crippen LogP contribution in [0.5, 0.6) is 11.5 Å². The van der Waals surface area contributed by atoms with Crippen LogP contribution in [-0.4, -0.2) is 52.2 Å². The summed E-state index contributed by atoms with van der Waals surface area (Å²) in [6.07, 6.45) is -12.8. The number of halogens is 6. The maximum Gasteiger partial charge on any atom is 0.573 e. The Morgan fingerprint density at radius 2 is 1.05 bits per heavy atom. The molecule has 2 atom stereocenters. The zero-order valence-corrected chi connectivity index (χ0v) is 20.9. The number of ether oxygens (including phenoxy) is 3. The first-order chi connectivity index (χ1) is 19.1. The van der Waals surface area contributed by atoms with E-state index in [9.17, 15) is 41.0 Å². The van der Waals surface area contributed by atoms with Crippen molar-refractivity contribution in [2.45, 2.75) is 51.8 Å². The summed E-state index contributed by atoms with van der Waals surface area (Å²) >= 11 is 0. The van der Waals surface area contributed by atoms with Crippen molar-refractivity contribution in [1.82, 2.24) is 0 Å². The van der Waals surface area contributed by atoms with Crippen LogP contribution in [0.25, 0.3) is 0 Å². The van der Waals surface area contributed by atoms with Crippen LogP contribution >= 0.6 is 0 Å². The minimum atomic E-state index is -4.76. The molecule has 0 unspecified atom stereocenters. The summed E-state index contributed by atoms with van der Waals surface area (Å²) in [5, 5.41) is 27.3. The zero-order chi connectivity index (χ0) is 30.6. The molecule has 42 heavy (non-hydrogen) atoms. The number of carboxylic acids is 1. The number of carbonyl (C=O) groups is 2. The highest BCUT2D eigenvalue weighted by Crippen LogP contribution is 2.24. The second-order valence-electron chi connectivity index (χ2n) is 8.25. The molecule has 0 aliphatic heterocycles. The quantitative estimate of drug-likeness (QED) is 0.206. The fraction of sp³-hybridized carbons (Fsp3) is 0.286. The molecule has 0 fully saturated rings. The van der Waals surface area contributed by atoms with E-state index in [0.29, 0.717) is 11.1 Å². The SMILES string of the molecule is C.O=C(O)[C@H](O)Cc1ccc(OC(F)(F)F)cc1.O=C(OCc1ccccc1)[C@H](O)Cc1ccc(OC(F)(F)F)cc1. The van der Waals surface area contributed by atoms with E-state index in [1.807, 2.05) is 6.07 Å². The Morgan fingerprint density at radius 3 is 1.43 bits per heavy atom. The summed E-state index contributed by atoms with van der Waals surface area (Å²) in [7, 11) is 0. The molecule has 8 nitrogen and oxygen atoms in total. The Hall–Kier alpha value is -4.30. The van der Waals surface area contributed by atoms with Crippen molar-refractivity contribution in [1.29, 1.82) is 0 Å². The van der Waals surface area contributed by atoms with Crippen molar-refractivity contribution in [2.75, 3.05) is 0 Å². The summed E-state index contributed by atoms with van der Waals surface area (Å²) in [5.41, 5.74) is 1.66. The van der Waals surface area contributed by atoms with Crippen LogP contribution in [0, 0.1) is 0 Å². The number of aliphatic hydroxyl groups is 2. The molecule has 3 aromatic rings. The third kappa shape index (κ3) is 14.4. The molecular weight excluding hydrogens is 578 g/mol. The highest BCUT2D eigenvalue weighted by Gasteiger charge is 2.31. The van der Waals surface area contributed by atoms with Gasteiger partial charge in [0.05, 0.1) is 0 Å². The predicted octanol–water partition coefficient (Wildman–Crippen LogP) is 5.44. The van der Waals surface area contributed by atoms with E-state index in [1.165, 1.54) is 24.3 Å². The van der Waals surface area contributed by atoms with Crippen LogP contribution in [0.15, 0.2) is 78.9 Å². The highest BCUT2D eigenvalue weighted by atomic mass is 19.4. The molecule has 230 valence electrons. The monoisotopic (exact) mass is 606 g/mol. The Kier molecular flexibility index (Phi) is 13.8. The molecule has 3 N–H and O–H groups in total. The maximum absolute atomic E-state index is 12.1. The van der Waals surface area contributed by atoms with Crippen molar-refractivity contribution in [2.24, 2.45) is 0 Å². The molecule has 3 aromatic carbocycles. The van der Waals surface area contributed by atoms with Gasteiger partial charge in [0.15, 0.2) is 12.2 Å². The largest absolute Gasteiger partial charge is 0.573 e. The number of hydrogen-bond acceptors (Lipinski definition) is 7. The first-order valence-corrected chi connectivity index (χ1v) is 11.6. The van der Waals surface area contributed by atoms with Crippen LogP contribution in [0.2, 0.25) is 0 Å². The van der Waals surface area contributed by atoms with Gasteiger partial charge in [-0.05, 0) is 41.0 Å². The van der Waals surface area contributed by atoms with Crippen LogP contribution in [0.3, 0.4) is 0 Å². The standard InChI is InChI=1S/C17H15F3O4.C10H9F3O4.CH4/c18-17(19,20)24-14-8-6-12(7-9-14)10-15(21)16(22)23-11-13-4-2-1-3-5-13;11-10(12,13)17-7-3-1-6(2-4-7)5-8(14)9(15)16;/h1-9,15,21H,10-11H2;1-4,8,14H,5H2,(H,15,16);1H4/t15-;8-;/m11./s1. The van der Waals surface area contributed by atoms with Gasteiger partial charge in [0.1, 0.15) is 18.1 Å². The number of aliphatic hydroxyl groups excluding tert-OH is 2. The molecule has 0 bridgehead atoms. The summed E-state index contributed by atoms with van der Waals surface area (Å²) in [5.74, 6) is -2.95. The lowest BCUT2D eigenvalue weighted by Crippen LogP contribution is -2.25. The number of hydrogen-bond donors (Lipinski definition) is 3. The third-order valence-electron chi connectivity index (χ3n) is 4.95. The van der Waals surface area contributed by atoms with Gasteiger partial charge in [0.25, 0.3) is 0 Å². The van der Waals surface area contributed by atoms with Crippen molar-refractivity contribution in [3.05, 3.63) is 95.6 Å². The third-order valence-corrected chi connectivity index (χ3v) is 4.95. The molecule has 0 aliphatic rings. The highest BCUT2D eigenvalue weighted by molar-refractivity contribution is 5.74. The fourth-order valence-electron chi connectivity index (χ4n) is 3.10. The molecule has 0 amide bonds. The van der Waals surface area contributed by atoms with Crippen LogP contribution < -0.4 is 9.47 Å². The number of carboxylic acid groups (broad SMARTS) is 1.